The third-order valence-corrected chi connectivity index (χ3v) is 4.45. The lowest BCUT2D eigenvalue weighted by Gasteiger charge is -2.23. The minimum absolute atomic E-state index is 0.771. The van der Waals surface area contributed by atoms with Gasteiger partial charge in [0.2, 0.25) is 0 Å². The average Bonchev–Trinajstić information content (AvgIpc) is 2.47. The van der Waals surface area contributed by atoms with Gasteiger partial charge in [-0.05, 0) is 62.2 Å². The third-order valence-electron chi connectivity index (χ3n) is 4.45. The highest BCUT2D eigenvalue weighted by Crippen LogP contribution is 2.23. The molecular weight excluding hydrogens is 242 g/mol. The van der Waals surface area contributed by atoms with Crippen LogP contribution in [-0.2, 0) is 6.42 Å². The number of benzene rings is 1. The maximum atomic E-state index is 3.63. The van der Waals surface area contributed by atoms with Gasteiger partial charge in [-0.15, -0.1) is 0 Å². The molecule has 0 aliphatic rings. The van der Waals surface area contributed by atoms with E-state index in [0.717, 1.165) is 18.4 Å². The van der Waals surface area contributed by atoms with Crippen LogP contribution >= 0.6 is 0 Å². The van der Waals surface area contributed by atoms with Crippen LogP contribution in [-0.4, -0.2) is 13.1 Å². The van der Waals surface area contributed by atoms with Crippen LogP contribution in [0.3, 0.4) is 0 Å². The smallest absolute Gasteiger partial charge is 0.00172 e. The highest BCUT2D eigenvalue weighted by Gasteiger charge is 2.15. The summed E-state index contributed by atoms with van der Waals surface area (Å²) in [5.74, 6) is 1.65. The maximum Gasteiger partial charge on any atom is -0.00172 e. The zero-order valence-electron chi connectivity index (χ0n) is 13.9. The van der Waals surface area contributed by atoms with E-state index in [4.69, 9.17) is 0 Å². The quantitative estimate of drug-likeness (QED) is 0.594. The average molecular weight is 275 g/mol. The van der Waals surface area contributed by atoms with Crippen molar-refractivity contribution in [1.29, 1.82) is 0 Å². The van der Waals surface area contributed by atoms with E-state index in [9.17, 15) is 0 Å². The minimum atomic E-state index is 0.771. The largest absolute Gasteiger partial charge is 0.316 e. The summed E-state index contributed by atoms with van der Waals surface area (Å²) in [5, 5.41) is 3.63. The number of nitrogens with one attached hydrogen (secondary N) is 1. The normalized spacial score (nSPS) is 12.8. The number of hydrogen-bond donors (Lipinski definition) is 1. The van der Waals surface area contributed by atoms with Gasteiger partial charge in [0.05, 0.1) is 0 Å². The van der Waals surface area contributed by atoms with Crippen molar-refractivity contribution in [1.82, 2.24) is 5.32 Å². The van der Waals surface area contributed by atoms with E-state index < -0.39 is 0 Å². The fraction of sp³-hybridized carbons (Fsp3) is 0.684. The zero-order valence-corrected chi connectivity index (χ0v) is 13.9. The Labute approximate surface area is 126 Å². The van der Waals surface area contributed by atoms with Gasteiger partial charge < -0.3 is 5.32 Å². The molecule has 1 atom stereocenters. The molecule has 0 amide bonds. The predicted molar refractivity (Wildman–Crippen MR) is 90.2 cm³/mol. The van der Waals surface area contributed by atoms with E-state index in [1.54, 1.807) is 0 Å². The summed E-state index contributed by atoms with van der Waals surface area (Å²) in [6.07, 6.45) is 6.43. The van der Waals surface area contributed by atoms with Gasteiger partial charge in [0.15, 0.2) is 0 Å². The molecule has 1 N–H and O–H groups in total. The van der Waals surface area contributed by atoms with E-state index in [1.807, 2.05) is 0 Å². The van der Waals surface area contributed by atoms with Gasteiger partial charge in [0.1, 0.15) is 0 Å². The minimum Gasteiger partial charge on any atom is -0.316 e. The lowest BCUT2D eigenvalue weighted by molar-refractivity contribution is 0.338. The number of aryl methyl sites for hydroxylation is 1. The van der Waals surface area contributed by atoms with E-state index in [1.165, 1.54) is 49.8 Å². The SMILES string of the molecule is CCCNCC(Cc1ccccc1C)CC(CC)CC. The Hall–Kier alpha value is -0.820. The molecule has 20 heavy (non-hydrogen) atoms. The second kappa shape index (κ2) is 9.99. The molecule has 0 aliphatic carbocycles. The monoisotopic (exact) mass is 275 g/mol. The summed E-state index contributed by atoms with van der Waals surface area (Å²) >= 11 is 0. The van der Waals surface area contributed by atoms with Crippen LogP contribution in [0.25, 0.3) is 0 Å². The summed E-state index contributed by atoms with van der Waals surface area (Å²) < 4.78 is 0. The molecule has 0 fully saturated rings. The molecule has 0 aromatic heterocycles. The molecule has 1 aromatic carbocycles. The highest BCUT2D eigenvalue weighted by atomic mass is 14.8. The summed E-state index contributed by atoms with van der Waals surface area (Å²) in [4.78, 5) is 0. The second-order valence-corrected chi connectivity index (χ2v) is 6.12. The third kappa shape index (κ3) is 6.09. The van der Waals surface area contributed by atoms with Crippen molar-refractivity contribution in [2.45, 2.75) is 59.8 Å². The van der Waals surface area contributed by atoms with Gasteiger partial charge in [0, 0.05) is 0 Å². The number of rotatable bonds is 10. The van der Waals surface area contributed by atoms with E-state index in [2.05, 4.69) is 57.3 Å². The van der Waals surface area contributed by atoms with E-state index in [-0.39, 0.29) is 0 Å². The van der Waals surface area contributed by atoms with Gasteiger partial charge in [-0.25, -0.2) is 0 Å². The Morgan fingerprint density at radius 2 is 1.70 bits per heavy atom. The summed E-state index contributed by atoms with van der Waals surface area (Å²) in [6.45, 7) is 11.5. The molecule has 1 heteroatoms. The Morgan fingerprint density at radius 3 is 2.30 bits per heavy atom. The van der Waals surface area contributed by atoms with Crippen molar-refractivity contribution in [3.05, 3.63) is 35.4 Å². The van der Waals surface area contributed by atoms with Crippen molar-refractivity contribution >= 4 is 0 Å². The molecule has 0 saturated heterocycles. The second-order valence-electron chi connectivity index (χ2n) is 6.12. The summed E-state index contributed by atoms with van der Waals surface area (Å²) in [5.41, 5.74) is 2.97. The van der Waals surface area contributed by atoms with Crippen LogP contribution in [0.4, 0.5) is 0 Å². The van der Waals surface area contributed by atoms with E-state index in [0.29, 0.717) is 0 Å². The molecule has 0 saturated carbocycles. The van der Waals surface area contributed by atoms with Gasteiger partial charge >= 0.3 is 0 Å². The molecule has 114 valence electrons. The van der Waals surface area contributed by atoms with Crippen molar-refractivity contribution in [3.8, 4) is 0 Å². The van der Waals surface area contributed by atoms with Crippen LogP contribution in [0, 0.1) is 18.8 Å². The first-order valence-corrected chi connectivity index (χ1v) is 8.46. The molecule has 0 aliphatic heterocycles. The van der Waals surface area contributed by atoms with E-state index >= 15 is 0 Å². The zero-order chi connectivity index (χ0) is 14.8. The highest BCUT2D eigenvalue weighted by molar-refractivity contribution is 5.26. The van der Waals surface area contributed by atoms with Gasteiger partial charge in [-0.1, -0.05) is 57.9 Å². The molecule has 0 spiro atoms. The van der Waals surface area contributed by atoms with Crippen LogP contribution < -0.4 is 5.32 Å². The first-order valence-electron chi connectivity index (χ1n) is 8.46. The van der Waals surface area contributed by atoms with Crippen molar-refractivity contribution in [2.24, 2.45) is 11.8 Å². The fourth-order valence-electron chi connectivity index (χ4n) is 2.97. The molecule has 1 aromatic rings. The van der Waals surface area contributed by atoms with Crippen molar-refractivity contribution in [3.63, 3.8) is 0 Å². The van der Waals surface area contributed by atoms with Gasteiger partial charge in [-0.3, -0.25) is 0 Å². The van der Waals surface area contributed by atoms with Crippen LogP contribution in [0.5, 0.6) is 0 Å². The molecule has 1 unspecified atom stereocenters. The van der Waals surface area contributed by atoms with Gasteiger partial charge in [-0.2, -0.15) is 0 Å². The van der Waals surface area contributed by atoms with Crippen LogP contribution in [0.2, 0.25) is 0 Å². The predicted octanol–water partition coefficient (Wildman–Crippen LogP) is 4.98. The van der Waals surface area contributed by atoms with Gasteiger partial charge in [0.25, 0.3) is 0 Å². The topological polar surface area (TPSA) is 12.0 Å². The molecule has 0 heterocycles. The lowest BCUT2D eigenvalue weighted by Crippen LogP contribution is -2.27. The maximum absolute atomic E-state index is 3.63. The Balaban J connectivity index is 2.63. The van der Waals surface area contributed by atoms with Crippen molar-refractivity contribution in [2.75, 3.05) is 13.1 Å². The molecular formula is C19H33N. The molecule has 0 radical (unpaired) electrons. The number of hydrogen-bond acceptors (Lipinski definition) is 1. The first-order chi connectivity index (χ1) is 9.71. The molecule has 1 nitrogen and oxygen atoms in total. The standard InChI is InChI=1S/C19H33N/c1-5-12-20-15-18(13-17(6-2)7-3)14-19-11-9-8-10-16(19)4/h8-11,17-18,20H,5-7,12-15H2,1-4H3. The molecule has 1 rings (SSSR count). The lowest BCUT2D eigenvalue weighted by atomic mass is 9.86. The Kier molecular flexibility index (Phi) is 8.60. The fourth-order valence-corrected chi connectivity index (χ4v) is 2.97. The van der Waals surface area contributed by atoms with Crippen molar-refractivity contribution < 1.29 is 0 Å². The Bertz CT molecular complexity index is 355. The van der Waals surface area contributed by atoms with Crippen LogP contribution in [0.1, 0.15) is 57.6 Å². The molecule has 0 bridgehead atoms. The Morgan fingerprint density at radius 1 is 1.00 bits per heavy atom. The summed E-state index contributed by atoms with van der Waals surface area (Å²) in [7, 11) is 0. The van der Waals surface area contributed by atoms with Crippen LogP contribution in [0.15, 0.2) is 24.3 Å². The first kappa shape index (κ1) is 17.2. The summed E-state index contributed by atoms with van der Waals surface area (Å²) in [6, 6.07) is 8.86.